The Hall–Kier alpha value is -1.58. The minimum absolute atomic E-state index is 0. The highest BCUT2D eigenvalue weighted by atomic mass is 35.5. The fourth-order valence-corrected chi connectivity index (χ4v) is 3.48. The standard InChI is InChI=1S/C19H24N2O.ClH/c20-18-10-4-8-16(18)13-19(22)21-12-11-15-7-3-6-14-5-1-2-9-17(14)15;/h1-3,5-7,9,16,18H,4,8,10-13,20H2,(H,21,22);1H/t16-,18+;/m0./s1. The van der Waals surface area contributed by atoms with Gasteiger partial charge in [0.1, 0.15) is 0 Å². The summed E-state index contributed by atoms with van der Waals surface area (Å²) in [6, 6.07) is 14.9. The van der Waals surface area contributed by atoms with Crippen molar-refractivity contribution in [3.8, 4) is 0 Å². The molecular weight excluding hydrogens is 308 g/mol. The van der Waals surface area contributed by atoms with Crippen molar-refractivity contribution in [2.75, 3.05) is 6.54 Å². The Morgan fingerprint density at radius 3 is 2.70 bits per heavy atom. The largest absolute Gasteiger partial charge is 0.356 e. The van der Waals surface area contributed by atoms with Crippen LogP contribution in [0.15, 0.2) is 42.5 Å². The van der Waals surface area contributed by atoms with Gasteiger partial charge in [-0.15, -0.1) is 12.4 Å². The molecule has 0 radical (unpaired) electrons. The van der Waals surface area contributed by atoms with Crippen LogP contribution in [0.25, 0.3) is 10.8 Å². The predicted octanol–water partition coefficient (Wildman–Crippen LogP) is 3.44. The Labute approximate surface area is 144 Å². The third-order valence-electron chi connectivity index (χ3n) is 4.76. The summed E-state index contributed by atoms with van der Waals surface area (Å²) >= 11 is 0. The Bertz CT molecular complexity index is 653. The van der Waals surface area contributed by atoms with Crippen molar-refractivity contribution in [1.29, 1.82) is 0 Å². The van der Waals surface area contributed by atoms with E-state index in [-0.39, 0.29) is 24.4 Å². The average Bonchev–Trinajstić information content (AvgIpc) is 2.93. The van der Waals surface area contributed by atoms with E-state index in [0.29, 0.717) is 18.9 Å². The molecule has 0 spiro atoms. The third-order valence-corrected chi connectivity index (χ3v) is 4.76. The molecule has 1 aliphatic carbocycles. The molecule has 0 saturated heterocycles. The van der Waals surface area contributed by atoms with Crippen molar-refractivity contribution in [1.82, 2.24) is 5.32 Å². The zero-order valence-electron chi connectivity index (χ0n) is 13.3. The quantitative estimate of drug-likeness (QED) is 0.881. The van der Waals surface area contributed by atoms with Gasteiger partial charge < -0.3 is 11.1 Å². The van der Waals surface area contributed by atoms with Crippen LogP contribution in [-0.2, 0) is 11.2 Å². The van der Waals surface area contributed by atoms with Crippen LogP contribution in [-0.4, -0.2) is 18.5 Å². The lowest BCUT2D eigenvalue weighted by Crippen LogP contribution is -2.32. The van der Waals surface area contributed by atoms with Gasteiger partial charge in [-0.1, -0.05) is 48.9 Å². The smallest absolute Gasteiger partial charge is 0.220 e. The maximum atomic E-state index is 12.0. The Morgan fingerprint density at radius 2 is 1.91 bits per heavy atom. The van der Waals surface area contributed by atoms with Crippen molar-refractivity contribution in [3.05, 3.63) is 48.0 Å². The summed E-state index contributed by atoms with van der Waals surface area (Å²) in [5.41, 5.74) is 7.32. The number of halogens is 1. The van der Waals surface area contributed by atoms with Crippen molar-refractivity contribution in [2.24, 2.45) is 11.7 Å². The first-order chi connectivity index (χ1) is 10.7. The first-order valence-electron chi connectivity index (χ1n) is 8.23. The molecule has 0 aromatic heterocycles. The molecule has 0 unspecified atom stereocenters. The highest BCUT2D eigenvalue weighted by Crippen LogP contribution is 2.26. The van der Waals surface area contributed by atoms with Crippen LogP contribution in [0.4, 0.5) is 0 Å². The van der Waals surface area contributed by atoms with E-state index in [4.69, 9.17) is 5.73 Å². The number of carbonyl (C=O) groups excluding carboxylic acids is 1. The Morgan fingerprint density at radius 1 is 1.13 bits per heavy atom. The molecule has 1 amide bonds. The van der Waals surface area contributed by atoms with Gasteiger partial charge in [-0.05, 0) is 41.5 Å². The van der Waals surface area contributed by atoms with Gasteiger partial charge in [0, 0.05) is 19.0 Å². The number of benzene rings is 2. The van der Waals surface area contributed by atoms with E-state index in [1.807, 2.05) is 0 Å². The highest BCUT2D eigenvalue weighted by Gasteiger charge is 2.25. The Balaban J connectivity index is 0.00000192. The molecule has 2 aromatic rings. The van der Waals surface area contributed by atoms with Gasteiger partial charge in [-0.3, -0.25) is 4.79 Å². The molecule has 4 heteroatoms. The molecule has 3 nitrogen and oxygen atoms in total. The fraction of sp³-hybridized carbons (Fsp3) is 0.421. The summed E-state index contributed by atoms with van der Waals surface area (Å²) in [6.45, 7) is 0.689. The van der Waals surface area contributed by atoms with Gasteiger partial charge >= 0.3 is 0 Å². The van der Waals surface area contributed by atoms with Crippen LogP contribution in [0.5, 0.6) is 0 Å². The molecule has 3 N–H and O–H groups in total. The van der Waals surface area contributed by atoms with Gasteiger partial charge in [0.05, 0.1) is 0 Å². The van der Waals surface area contributed by atoms with Crippen LogP contribution in [0.1, 0.15) is 31.2 Å². The molecule has 0 heterocycles. The topological polar surface area (TPSA) is 55.1 Å². The number of fused-ring (bicyclic) bond motifs is 1. The van der Waals surface area contributed by atoms with E-state index in [1.165, 1.54) is 16.3 Å². The molecule has 1 fully saturated rings. The molecule has 124 valence electrons. The molecule has 23 heavy (non-hydrogen) atoms. The third kappa shape index (κ3) is 4.46. The van der Waals surface area contributed by atoms with E-state index in [1.54, 1.807) is 0 Å². The van der Waals surface area contributed by atoms with Gasteiger partial charge in [-0.2, -0.15) is 0 Å². The fourth-order valence-electron chi connectivity index (χ4n) is 3.48. The summed E-state index contributed by atoms with van der Waals surface area (Å²) in [5, 5.41) is 5.58. The van der Waals surface area contributed by atoms with E-state index >= 15 is 0 Å². The molecule has 0 bridgehead atoms. The molecule has 1 aliphatic rings. The van der Waals surface area contributed by atoms with Crippen LogP contribution in [0, 0.1) is 5.92 Å². The van der Waals surface area contributed by atoms with E-state index in [2.05, 4.69) is 47.8 Å². The first-order valence-corrected chi connectivity index (χ1v) is 8.23. The summed E-state index contributed by atoms with van der Waals surface area (Å²) < 4.78 is 0. The first kappa shape index (κ1) is 17.8. The van der Waals surface area contributed by atoms with E-state index < -0.39 is 0 Å². The Kier molecular flexibility index (Phi) is 6.43. The average molecular weight is 333 g/mol. The van der Waals surface area contributed by atoms with Crippen molar-refractivity contribution in [2.45, 2.75) is 38.1 Å². The zero-order chi connectivity index (χ0) is 15.4. The molecule has 0 aliphatic heterocycles. The van der Waals surface area contributed by atoms with E-state index in [0.717, 1.165) is 25.7 Å². The van der Waals surface area contributed by atoms with Crippen LogP contribution in [0.3, 0.4) is 0 Å². The minimum atomic E-state index is 0. The lowest BCUT2D eigenvalue weighted by molar-refractivity contribution is -0.122. The molecule has 2 atom stereocenters. The van der Waals surface area contributed by atoms with Crippen molar-refractivity contribution in [3.63, 3.8) is 0 Å². The van der Waals surface area contributed by atoms with Gasteiger partial charge in [0.25, 0.3) is 0 Å². The van der Waals surface area contributed by atoms with Gasteiger partial charge in [-0.25, -0.2) is 0 Å². The number of hydrogen-bond acceptors (Lipinski definition) is 2. The molecular formula is C19H25ClN2O. The maximum Gasteiger partial charge on any atom is 0.220 e. The lowest BCUT2D eigenvalue weighted by Gasteiger charge is -2.15. The van der Waals surface area contributed by atoms with Crippen LogP contribution < -0.4 is 11.1 Å². The van der Waals surface area contributed by atoms with Gasteiger partial charge in [0.2, 0.25) is 5.91 Å². The van der Waals surface area contributed by atoms with Crippen LogP contribution in [0.2, 0.25) is 0 Å². The number of carbonyl (C=O) groups is 1. The SMILES string of the molecule is Cl.N[C@@H]1CCC[C@H]1CC(=O)NCCc1cccc2ccccc12. The number of hydrogen-bond donors (Lipinski definition) is 2. The lowest BCUT2D eigenvalue weighted by atomic mass is 9.99. The van der Waals surface area contributed by atoms with E-state index in [9.17, 15) is 4.79 Å². The van der Waals surface area contributed by atoms with Crippen LogP contribution >= 0.6 is 12.4 Å². The summed E-state index contributed by atoms with van der Waals surface area (Å²) in [5.74, 6) is 0.514. The summed E-state index contributed by atoms with van der Waals surface area (Å²) in [7, 11) is 0. The number of nitrogens with one attached hydrogen (secondary N) is 1. The number of nitrogens with two attached hydrogens (primary N) is 1. The highest BCUT2D eigenvalue weighted by molar-refractivity contribution is 5.86. The second-order valence-corrected chi connectivity index (χ2v) is 6.30. The second-order valence-electron chi connectivity index (χ2n) is 6.30. The van der Waals surface area contributed by atoms with Crippen molar-refractivity contribution >= 4 is 29.1 Å². The minimum Gasteiger partial charge on any atom is -0.356 e. The molecule has 2 aromatic carbocycles. The normalized spacial score (nSPS) is 20.2. The maximum absolute atomic E-state index is 12.0. The van der Waals surface area contributed by atoms with Crippen molar-refractivity contribution < 1.29 is 4.79 Å². The summed E-state index contributed by atoms with van der Waals surface area (Å²) in [4.78, 5) is 12.0. The number of amides is 1. The monoisotopic (exact) mass is 332 g/mol. The molecule has 1 saturated carbocycles. The second kappa shape index (κ2) is 8.32. The number of rotatable bonds is 5. The zero-order valence-corrected chi connectivity index (χ0v) is 14.1. The summed E-state index contributed by atoms with van der Waals surface area (Å²) in [6.07, 6.45) is 4.77. The predicted molar refractivity (Wildman–Crippen MR) is 97.8 cm³/mol. The molecule has 3 rings (SSSR count). The van der Waals surface area contributed by atoms with Gasteiger partial charge in [0.15, 0.2) is 0 Å².